The number of likely N-dealkylation sites (tertiary alicyclic amines) is 1. The van der Waals surface area contributed by atoms with Crippen LogP contribution in [-0.2, 0) is 36.9 Å². The van der Waals surface area contributed by atoms with Gasteiger partial charge in [-0.05, 0) is 98.6 Å². The largest absolute Gasteiger partial charge is 0.446 e. The Hall–Kier alpha value is -5.78. The minimum atomic E-state index is -0.859. The summed E-state index contributed by atoms with van der Waals surface area (Å²) in [5.41, 5.74) is 8.57. The third kappa shape index (κ3) is 14.3. The standard InChI is InChI=1S/C56H72N8O7S2/c1-36-50(72-35-59-36)38-24-22-37(23-25-38)32-58-52(68)46-31-41(65)34-64(46)53(69)51(56(2,3)4)61-48(66)20-14-9-7-5-6-8-10-15-21-49(67)62-54-60-44-27-26-39(30-47(44)73-54)40-29-45-43(57-33-40)19-16-28-63(45)55(70)71-42-17-12-11-13-18-42/h22-27,29-30,33,35,41-42,46,51,65H,5-21,28,31-32,34H2,1-4H3,(H,58,68)(H,61,66)(H,60,62,67)/t41-,46+,51-/m1/s1. The number of carbonyl (C=O) groups is 5. The summed E-state index contributed by atoms with van der Waals surface area (Å²) in [7, 11) is 0. The third-order valence-electron chi connectivity index (χ3n) is 14.3. The highest BCUT2D eigenvalue weighted by molar-refractivity contribution is 7.22. The number of thiazole rings is 2. The molecule has 5 heterocycles. The monoisotopic (exact) mass is 1030 g/mol. The van der Waals surface area contributed by atoms with E-state index in [-0.39, 0.29) is 55.3 Å². The van der Waals surface area contributed by atoms with Crippen molar-refractivity contribution in [2.45, 2.75) is 174 Å². The van der Waals surface area contributed by atoms with Crippen molar-refractivity contribution in [2.24, 2.45) is 5.41 Å². The molecule has 2 fully saturated rings. The molecule has 4 N–H and O–H groups in total. The van der Waals surface area contributed by atoms with E-state index in [4.69, 9.17) is 9.72 Å². The van der Waals surface area contributed by atoms with Gasteiger partial charge in [0.25, 0.3) is 0 Å². The van der Waals surface area contributed by atoms with Crippen molar-refractivity contribution in [1.82, 2.24) is 30.5 Å². The lowest BCUT2D eigenvalue weighted by Crippen LogP contribution is -2.57. The Labute approximate surface area is 437 Å². The molecule has 3 aliphatic rings. The molecule has 3 aromatic heterocycles. The molecule has 0 spiro atoms. The number of pyridine rings is 1. The highest BCUT2D eigenvalue weighted by Crippen LogP contribution is 2.36. The van der Waals surface area contributed by atoms with Crippen molar-refractivity contribution in [3.05, 3.63) is 77.2 Å². The Bertz CT molecular complexity index is 2710. The number of aliphatic hydroxyl groups excluding tert-OH is 1. The van der Waals surface area contributed by atoms with Gasteiger partial charge < -0.3 is 30.7 Å². The van der Waals surface area contributed by atoms with E-state index in [9.17, 15) is 29.1 Å². The number of nitrogens with one attached hydrogen (secondary N) is 3. The summed E-state index contributed by atoms with van der Waals surface area (Å²) in [5, 5.41) is 20.1. The average molecular weight is 1030 g/mol. The number of fused-ring (bicyclic) bond motifs is 2. The van der Waals surface area contributed by atoms with Gasteiger partial charge in [-0.25, -0.2) is 14.8 Å². The van der Waals surface area contributed by atoms with Crippen LogP contribution in [0.15, 0.2) is 60.2 Å². The van der Waals surface area contributed by atoms with E-state index in [0.29, 0.717) is 30.9 Å². The molecule has 17 heteroatoms. The first-order chi connectivity index (χ1) is 35.2. The lowest BCUT2D eigenvalue weighted by molar-refractivity contribution is -0.144. The molecule has 2 aliphatic heterocycles. The minimum absolute atomic E-state index is 0.00822. The number of unbranched alkanes of at least 4 members (excludes halogenated alkanes) is 7. The fourth-order valence-corrected chi connectivity index (χ4v) is 11.9. The van der Waals surface area contributed by atoms with Crippen LogP contribution in [0.2, 0.25) is 0 Å². The summed E-state index contributed by atoms with van der Waals surface area (Å²) in [4.78, 5) is 84.9. The number of ether oxygens (including phenoxy) is 1. The summed E-state index contributed by atoms with van der Waals surface area (Å²) in [6.07, 6.45) is 16.0. The topological polar surface area (TPSA) is 196 Å². The van der Waals surface area contributed by atoms with Gasteiger partial charge >= 0.3 is 6.09 Å². The second kappa shape index (κ2) is 25.0. The van der Waals surface area contributed by atoms with E-state index in [1.807, 2.05) is 81.9 Å². The highest BCUT2D eigenvalue weighted by Gasteiger charge is 2.44. The normalized spacial score (nSPS) is 17.5. The van der Waals surface area contributed by atoms with E-state index in [1.54, 1.807) is 16.2 Å². The third-order valence-corrected chi connectivity index (χ3v) is 16.2. The maximum Gasteiger partial charge on any atom is 0.414 e. The summed E-state index contributed by atoms with van der Waals surface area (Å²) < 4.78 is 6.89. The zero-order chi connectivity index (χ0) is 51.5. The molecular weight excluding hydrogens is 961 g/mol. The second-order valence-corrected chi connectivity index (χ2v) is 23.0. The van der Waals surface area contributed by atoms with E-state index in [1.165, 1.54) is 22.7 Å². The number of β-amino-alcohol motifs (C(OH)–C–C–N with tert-alkyl or cyclic N) is 1. The Morgan fingerprint density at radius 1 is 0.836 bits per heavy atom. The predicted molar refractivity (Wildman–Crippen MR) is 288 cm³/mol. The molecule has 5 aromatic rings. The molecule has 0 radical (unpaired) electrons. The van der Waals surface area contributed by atoms with Gasteiger partial charge in [0, 0.05) is 50.7 Å². The summed E-state index contributed by atoms with van der Waals surface area (Å²) in [6, 6.07) is 14.3. The van der Waals surface area contributed by atoms with Gasteiger partial charge in [0.05, 0.1) is 43.8 Å². The van der Waals surface area contributed by atoms with Crippen LogP contribution in [0, 0.1) is 12.3 Å². The van der Waals surface area contributed by atoms with Crippen LogP contribution in [0.5, 0.6) is 0 Å². The van der Waals surface area contributed by atoms with Gasteiger partial charge in [-0.1, -0.05) is 107 Å². The number of nitrogens with zero attached hydrogens (tertiary/aromatic N) is 5. The second-order valence-electron chi connectivity index (χ2n) is 21.1. The summed E-state index contributed by atoms with van der Waals surface area (Å²) in [6.45, 7) is 8.57. The number of rotatable bonds is 20. The van der Waals surface area contributed by atoms with Crippen molar-refractivity contribution in [3.63, 3.8) is 0 Å². The van der Waals surface area contributed by atoms with E-state index < -0.39 is 23.6 Å². The van der Waals surface area contributed by atoms with Gasteiger partial charge in [0.2, 0.25) is 23.6 Å². The molecule has 5 amide bonds. The maximum atomic E-state index is 14.0. The van der Waals surface area contributed by atoms with Crippen LogP contribution < -0.4 is 20.9 Å². The summed E-state index contributed by atoms with van der Waals surface area (Å²) >= 11 is 3.03. The lowest BCUT2D eigenvalue weighted by atomic mass is 9.85. The molecule has 15 nitrogen and oxygen atoms in total. The molecule has 390 valence electrons. The van der Waals surface area contributed by atoms with Crippen LogP contribution in [-0.4, -0.2) is 92.1 Å². The fraction of sp³-hybridized carbons (Fsp3) is 0.536. The number of aryl methyl sites for hydroxylation is 2. The first-order valence-electron chi connectivity index (χ1n) is 26.4. The maximum absolute atomic E-state index is 14.0. The van der Waals surface area contributed by atoms with Crippen molar-refractivity contribution < 1.29 is 33.8 Å². The number of aliphatic hydroxyl groups is 1. The Balaban J connectivity index is 0.707. The molecule has 8 rings (SSSR count). The van der Waals surface area contributed by atoms with Gasteiger partial charge in [0.1, 0.15) is 18.2 Å². The molecule has 2 aromatic carbocycles. The van der Waals surface area contributed by atoms with Crippen LogP contribution in [0.3, 0.4) is 0 Å². The molecular formula is C56H72N8O7S2. The first kappa shape index (κ1) is 53.5. The molecule has 73 heavy (non-hydrogen) atoms. The number of benzene rings is 2. The number of hydrogen-bond donors (Lipinski definition) is 4. The summed E-state index contributed by atoms with van der Waals surface area (Å²) in [5.74, 6) is -0.955. The van der Waals surface area contributed by atoms with E-state index >= 15 is 0 Å². The highest BCUT2D eigenvalue weighted by atomic mass is 32.1. The number of amides is 5. The van der Waals surface area contributed by atoms with Crippen molar-refractivity contribution >= 4 is 73.4 Å². The van der Waals surface area contributed by atoms with Crippen LogP contribution in [0.1, 0.15) is 147 Å². The smallest absolute Gasteiger partial charge is 0.414 e. The van der Waals surface area contributed by atoms with Gasteiger partial charge in [-0.15, -0.1) is 11.3 Å². The van der Waals surface area contributed by atoms with Gasteiger partial charge in [0.15, 0.2) is 5.13 Å². The van der Waals surface area contributed by atoms with Gasteiger partial charge in [-0.2, -0.15) is 0 Å². The van der Waals surface area contributed by atoms with Crippen molar-refractivity contribution in [1.29, 1.82) is 0 Å². The molecule has 0 unspecified atom stereocenters. The Morgan fingerprint density at radius 2 is 1.53 bits per heavy atom. The lowest BCUT2D eigenvalue weighted by Gasteiger charge is -2.35. The molecule has 1 saturated heterocycles. The number of aromatic nitrogens is 3. The van der Waals surface area contributed by atoms with Crippen molar-refractivity contribution in [3.8, 4) is 21.6 Å². The van der Waals surface area contributed by atoms with Crippen molar-refractivity contribution in [2.75, 3.05) is 23.3 Å². The zero-order valence-electron chi connectivity index (χ0n) is 42.9. The Morgan fingerprint density at radius 3 is 2.23 bits per heavy atom. The SMILES string of the molecule is Cc1ncsc1-c1ccc(CNC(=O)[C@@H]2C[C@@H](O)CN2C(=O)[C@@H](NC(=O)CCCCCCCCCCC(=O)Nc2nc3ccc(-c4cnc5c(c4)N(C(=O)OC4CCCCC4)CCC5)cc3s2)C(C)(C)C)cc1. The van der Waals surface area contributed by atoms with E-state index in [0.717, 1.165) is 138 Å². The van der Waals surface area contributed by atoms with Crippen LogP contribution in [0.4, 0.5) is 15.6 Å². The van der Waals surface area contributed by atoms with Gasteiger partial charge in [-0.3, -0.25) is 29.1 Å². The minimum Gasteiger partial charge on any atom is -0.446 e. The fourth-order valence-electron chi connectivity index (χ4n) is 10.2. The molecule has 3 atom stereocenters. The first-order valence-corrected chi connectivity index (χ1v) is 28.1. The molecule has 0 bridgehead atoms. The predicted octanol–water partition coefficient (Wildman–Crippen LogP) is 10.7. The number of hydrogen-bond acceptors (Lipinski definition) is 12. The van der Waals surface area contributed by atoms with Crippen LogP contribution >= 0.6 is 22.7 Å². The number of carbonyl (C=O) groups excluding carboxylic acids is 5. The van der Waals surface area contributed by atoms with Crippen LogP contribution in [0.25, 0.3) is 31.8 Å². The zero-order valence-corrected chi connectivity index (χ0v) is 44.5. The quantitative estimate of drug-likeness (QED) is 0.0545. The average Bonchev–Trinajstić information content (AvgIpc) is 4.12. The molecule has 1 aliphatic carbocycles. The Kier molecular flexibility index (Phi) is 18.3. The number of anilines is 2. The van der Waals surface area contributed by atoms with E-state index in [2.05, 4.69) is 32.0 Å². The molecule has 1 saturated carbocycles.